The maximum atomic E-state index is 14.1. The van der Waals surface area contributed by atoms with Gasteiger partial charge in [-0.3, -0.25) is 14.4 Å². The first-order chi connectivity index (χ1) is 18.4. The van der Waals surface area contributed by atoms with Crippen LogP contribution in [0.1, 0.15) is 32.6 Å². The summed E-state index contributed by atoms with van der Waals surface area (Å²) < 4.78 is -1.67. The van der Waals surface area contributed by atoms with Crippen molar-refractivity contribution in [2.75, 3.05) is 10.2 Å². The molecule has 38 heavy (non-hydrogen) atoms. The molecule has 1 saturated heterocycles. The maximum absolute atomic E-state index is 14.1. The van der Waals surface area contributed by atoms with E-state index in [1.165, 1.54) is 4.90 Å². The number of alkyl halides is 2. The average Bonchev–Trinajstić information content (AvgIpc) is 3.23. The predicted octanol–water partition coefficient (Wildman–Crippen LogP) is 6.35. The van der Waals surface area contributed by atoms with Gasteiger partial charge in [0.1, 0.15) is 0 Å². The second-order valence-corrected chi connectivity index (χ2v) is 12.4. The number of imide groups is 1. The van der Waals surface area contributed by atoms with E-state index in [0.29, 0.717) is 16.9 Å². The molecule has 0 radical (unpaired) electrons. The average molecular weight is 628 g/mol. The van der Waals surface area contributed by atoms with Gasteiger partial charge >= 0.3 is 0 Å². The quantitative estimate of drug-likeness (QED) is 0.213. The molecule has 1 heterocycles. The third-order valence-electron chi connectivity index (χ3n) is 8.00. The molecule has 4 aromatic carbocycles. The number of rotatable bonds is 3. The zero-order valence-corrected chi connectivity index (χ0v) is 23.1. The van der Waals surface area contributed by atoms with Crippen LogP contribution in [0.25, 0.3) is 0 Å². The van der Waals surface area contributed by atoms with Crippen LogP contribution >= 0.6 is 31.9 Å². The summed E-state index contributed by atoms with van der Waals surface area (Å²) in [6, 6.07) is 31.8. The Hall–Kier alpha value is -3.55. The third kappa shape index (κ3) is 2.94. The molecule has 1 fully saturated rings. The number of amides is 3. The first kappa shape index (κ1) is 23.6. The molecular formula is C31H20Br2N2O3. The number of anilines is 2. The number of hydrogen-bond acceptors (Lipinski definition) is 3. The number of para-hydroxylation sites is 1. The Morgan fingerprint density at radius 1 is 0.632 bits per heavy atom. The highest BCUT2D eigenvalue weighted by atomic mass is 79.9. The summed E-state index contributed by atoms with van der Waals surface area (Å²) in [7, 11) is 0. The van der Waals surface area contributed by atoms with Gasteiger partial charge in [0.05, 0.1) is 26.2 Å². The van der Waals surface area contributed by atoms with E-state index < -0.39 is 20.5 Å². The fourth-order valence-corrected chi connectivity index (χ4v) is 8.71. The van der Waals surface area contributed by atoms with Gasteiger partial charge in [0.15, 0.2) is 0 Å². The summed E-state index contributed by atoms with van der Waals surface area (Å²) in [5.74, 6) is -2.06. The molecule has 186 valence electrons. The van der Waals surface area contributed by atoms with E-state index in [4.69, 9.17) is 0 Å². The number of carbonyl (C=O) groups is 3. The second-order valence-electron chi connectivity index (χ2n) is 9.85. The van der Waals surface area contributed by atoms with Crippen molar-refractivity contribution < 1.29 is 14.4 Å². The standard InChI is InChI=1S/C31H20Br2N2O3/c32-30-21-10-4-5-11-22(21)31(33,24-13-7-6-12-23(24)30)26-25(30)28(37)35(29(26)38)20-16-14-18(15-17-20)27(36)34-19-8-2-1-3-9-19/h1-17,25-26H,(H,34,36)/t25-,26-,30?,31?/m1/s1. The van der Waals surface area contributed by atoms with Crippen molar-refractivity contribution in [3.05, 3.63) is 131 Å². The molecule has 2 bridgehead atoms. The Labute approximate surface area is 236 Å². The smallest absolute Gasteiger partial charge is 0.255 e. The molecule has 3 amide bonds. The molecule has 5 nitrogen and oxygen atoms in total. The van der Waals surface area contributed by atoms with Crippen molar-refractivity contribution in [3.8, 4) is 0 Å². The predicted molar refractivity (Wildman–Crippen MR) is 153 cm³/mol. The molecule has 1 aliphatic heterocycles. The highest BCUT2D eigenvalue weighted by Gasteiger charge is 2.72. The van der Waals surface area contributed by atoms with Crippen LogP contribution in [0.2, 0.25) is 0 Å². The van der Waals surface area contributed by atoms with Crippen molar-refractivity contribution in [2.45, 2.75) is 8.65 Å². The minimum Gasteiger partial charge on any atom is -0.322 e. The van der Waals surface area contributed by atoms with E-state index in [9.17, 15) is 14.4 Å². The number of benzene rings is 4. The number of hydrogen-bond donors (Lipinski definition) is 1. The van der Waals surface area contributed by atoms with Gasteiger partial charge in [-0.05, 0) is 58.7 Å². The van der Waals surface area contributed by atoms with Crippen LogP contribution in [0.3, 0.4) is 0 Å². The van der Waals surface area contributed by atoms with Gasteiger partial charge in [0, 0.05) is 11.3 Å². The van der Waals surface area contributed by atoms with Gasteiger partial charge in [-0.15, -0.1) is 0 Å². The highest BCUT2D eigenvalue weighted by molar-refractivity contribution is 9.10. The highest BCUT2D eigenvalue weighted by Crippen LogP contribution is 2.70. The lowest BCUT2D eigenvalue weighted by Gasteiger charge is -2.55. The Morgan fingerprint density at radius 2 is 1.05 bits per heavy atom. The summed E-state index contributed by atoms with van der Waals surface area (Å²) in [6.45, 7) is 0. The van der Waals surface area contributed by atoms with Crippen molar-refractivity contribution in [2.24, 2.45) is 11.8 Å². The van der Waals surface area contributed by atoms with Gasteiger partial charge in [-0.1, -0.05) is 98.6 Å². The van der Waals surface area contributed by atoms with Gasteiger partial charge in [-0.25, -0.2) is 4.90 Å². The molecule has 3 aliphatic carbocycles. The fraction of sp³-hybridized carbons (Fsp3) is 0.129. The molecule has 2 atom stereocenters. The summed E-state index contributed by atoms with van der Waals surface area (Å²) >= 11 is 8.04. The zero-order valence-electron chi connectivity index (χ0n) is 19.9. The molecule has 0 unspecified atom stereocenters. The molecule has 7 heteroatoms. The van der Waals surface area contributed by atoms with E-state index >= 15 is 0 Å². The Kier molecular flexibility index (Phi) is 5.10. The molecule has 4 aliphatic rings. The summed E-state index contributed by atoms with van der Waals surface area (Å²) in [4.78, 5) is 42.3. The van der Waals surface area contributed by atoms with Crippen molar-refractivity contribution in [1.29, 1.82) is 0 Å². The maximum Gasteiger partial charge on any atom is 0.255 e. The van der Waals surface area contributed by atoms with Gasteiger partial charge in [0.2, 0.25) is 11.8 Å². The van der Waals surface area contributed by atoms with Crippen LogP contribution < -0.4 is 10.2 Å². The van der Waals surface area contributed by atoms with Crippen LogP contribution in [0.5, 0.6) is 0 Å². The molecule has 0 saturated carbocycles. The van der Waals surface area contributed by atoms with Crippen molar-refractivity contribution >= 4 is 61.0 Å². The van der Waals surface area contributed by atoms with E-state index in [2.05, 4.69) is 37.2 Å². The largest absolute Gasteiger partial charge is 0.322 e. The lowest BCUT2D eigenvalue weighted by atomic mass is 9.54. The minimum atomic E-state index is -0.836. The van der Waals surface area contributed by atoms with E-state index in [1.54, 1.807) is 24.3 Å². The minimum absolute atomic E-state index is 0.258. The molecule has 4 aromatic rings. The third-order valence-corrected chi connectivity index (χ3v) is 10.7. The molecule has 0 aromatic heterocycles. The lowest BCUT2D eigenvalue weighted by molar-refractivity contribution is -0.122. The first-order valence-corrected chi connectivity index (χ1v) is 13.9. The Morgan fingerprint density at radius 3 is 1.50 bits per heavy atom. The second kappa shape index (κ2) is 8.22. The SMILES string of the molecule is O=C(Nc1ccccc1)c1ccc(N2C(=O)[C@H]3[C@H](C2=O)C2(Br)c4ccccc4C3(Br)c3ccccc32)cc1. The van der Waals surface area contributed by atoms with Crippen molar-refractivity contribution in [1.82, 2.24) is 0 Å². The van der Waals surface area contributed by atoms with Crippen molar-refractivity contribution in [3.63, 3.8) is 0 Å². The van der Waals surface area contributed by atoms with Crippen LogP contribution in [-0.2, 0) is 18.2 Å². The topological polar surface area (TPSA) is 66.5 Å². The van der Waals surface area contributed by atoms with E-state index in [1.807, 2.05) is 78.9 Å². The molecule has 0 spiro atoms. The zero-order chi connectivity index (χ0) is 26.2. The monoisotopic (exact) mass is 626 g/mol. The first-order valence-electron chi connectivity index (χ1n) is 12.3. The summed E-state index contributed by atoms with van der Waals surface area (Å²) in [6.07, 6.45) is 0. The van der Waals surface area contributed by atoms with E-state index in [-0.39, 0.29) is 17.7 Å². The Balaban J connectivity index is 1.29. The van der Waals surface area contributed by atoms with Crippen LogP contribution in [-0.4, -0.2) is 17.7 Å². The number of nitrogens with one attached hydrogen (secondary N) is 1. The van der Waals surface area contributed by atoms with Gasteiger partial charge in [0.25, 0.3) is 5.91 Å². The fourth-order valence-electron chi connectivity index (χ4n) is 6.41. The molecular weight excluding hydrogens is 608 g/mol. The van der Waals surface area contributed by atoms with Gasteiger partial charge < -0.3 is 5.32 Å². The summed E-state index contributed by atoms with van der Waals surface area (Å²) in [5.41, 5.74) is 5.55. The summed E-state index contributed by atoms with van der Waals surface area (Å²) in [5, 5.41) is 2.86. The van der Waals surface area contributed by atoms with E-state index in [0.717, 1.165) is 22.3 Å². The lowest BCUT2D eigenvalue weighted by Crippen LogP contribution is -2.56. The van der Waals surface area contributed by atoms with Crippen LogP contribution in [0.15, 0.2) is 103 Å². The normalized spacial score (nSPS) is 26.5. The number of halogens is 2. The number of nitrogens with zero attached hydrogens (tertiary/aromatic N) is 1. The van der Waals surface area contributed by atoms with Crippen LogP contribution in [0.4, 0.5) is 11.4 Å². The molecule has 8 rings (SSSR count). The van der Waals surface area contributed by atoms with Crippen LogP contribution in [0, 0.1) is 11.8 Å². The number of carbonyl (C=O) groups excluding carboxylic acids is 3. The van der Waals surface area contributed by atoms with Gasteiger partial charge in [-0.2, -0.15) is 0 Å². The molecule has 1 N–H and O–H groups in total. The Bertz CT molecular complexity index is 1530.